The molecule has 1 aliphatic carbocycles. The SMILES string of the molecule is COc1ccc(F)c(-n2c(C)cc3c2CCCC3N)c1. The summed E-state index contributed by atoms with van der Waals surface area (Å²) in [5.41, 5.74) is 10.0. The van der Waals surface area contributed by atoms with Gasteiger partial charge in [0.05, 0.1) is 12.8 Å². The molecule has 106 valence electrons. The minimum Gasteiger partial charge on any atom is -0.497 e. The van der Waals surface area contributed by atoms with Crippen molar-refractivity contribution in [2.24, 2.45) is 5.73 Å². The Morgan fingerprint density at radius 2 is 2.15 bits per heavy atom. The number of halogens is 1. The van der Waals surface area contributed by atoms with Gasteiger partial charge in [-0.15, -0.1) is 0 Å². The van der Waals surface area contributed by atoms with Crippen molar-refractivity contribution in [2.75, 3.05) is 7.11 Å². The number of hydrogen-bond acceptors (Lipinski definition) is 2. The average molecular weight is 274 g/mol. The van der Waals surface area contributed by atoms with Gasteiger partial charge in [0.25, 0.3) is 0 Å². The Kier molecular flexibility index (Phi) is 3.26. The first-order chi connectivity index (χ1) is 9.61. The maximum absolute atomic E-state index is 14.2. The lowest BCUT2D eigenvalue weighted by Crippen LogP contribution is -2.18. The molecule has 0 saturated heterocycles. The molecule has 0 aliphatic heterocycles. The topological polar surface area (TPSA) is 40.2 Å². The molecule has 1 atom stereocenters. The first kappa shape index (κ1) is 13.2. The molecule has 1 heterocycles. The molecule has 0 bridgehead atoms. The fourth-order valence-corrected chi connectivity index (χ4v) is 3.06. The van der Waals surface area contributed by atoms with E-state index < -0.39 is 0 Å². The lowest BCUT2D eigenvalue weighted by atomic mass is 9.93. The van der Waals surface area contributed by atoms with Gasteiger partial charge in [-0.25, -0.2) is 4.39 Å². The Hall–Kier alpha value is -1.81. The molecule has 1 aliphatic rings. The molecule has 2 N–H and O–H groups in total. The van der Waals surface area contributed by atoms with E-state index >= 15 is 0 Å². The van der Waals surface area contributed by atoms with Gasteiger partial charge in [0, 0.05) is 23.5 Å². The normalized spacial score (nSPS) is 17.9. The standard InChI is InChI=1S/C16H19FN2O/c1-10-8-12-14(18)4-3-5-15(12)19(10)16-9-11(20-2)6-7-13(16)17/h6-9,14H,3-5,18H2,1-2H3. The molecule has 0 saturated carbocycles. The van der Waals surface area contributed by atoms with Crippen molar-refractivity contribution in [1.29, 1.82) is 0 Å². The van der Waals surface area contributed by atoms with Crippen molar-refractivity contribution in [3.8, 4) is 11.4 Å². The molecule has 0 amide bonds. The number of benzene rings is 1. The van der Waals surface area contributed by atoms with E-state index in [1.54, 1.807) is 19.2 Å². The molecule has 20 heavy (non-hydrogen) atoms. The molecule has 4 heteroatoms. The van der Waals surface area contributed by atoms with Crippen LogP contribution in [0.15, 0.2) is 24.3 Å². The van der Waals surface area contributed by atoms with Gasteiger partial charge in [-0.3, -0.25) is 0 Å². The zero-order chi connectivity index (χ0) is 14.3. The maximum Gasteiger partial charge on any atom is 0.147 e. The second kappa shape index (κ2) is 4.94. The second-order valence-corrected chi connectivity index (χ2v) is 5.34. The lowest BCUT2D eigenvalue weighted by molar-refractivity contribution is 0.413. The van der Waals surface area contributed by atoms with E-state index in [1.807, 2.05) is 11.5 Å². The number of aryl methyl sites for hydroxylation is 1. The van der Waals surface area contributed by atoms with Gasteiger partial charge >= 0.3 is 0 Å². The Balaban J connectivity index is 2.20. The van der Waals surface area contributed by atoms with Crippen LogP contribution in [0, 0.1) is 12.7 Å². The Labute approximate surface area is 118 Å². The molecule has 0 spiro atoms. The maximum atomic E-state index is 14.2. The van der Waals surface area contributed by atoms with E-state index in [-0.39, 0.29) is 11.9 Å². The van der Waals surface area contributed by atoms with Gasteiger partial charge in [-0.05, 0) is 49.9 Å². The van der Waals surface area contributed by atoms with Gasteiger partial charge in [-0.2, -0.15) is 0 Å². The summed E-state index contributed by atoms with van der Waals surface area (Å²) in [6.07, 6.45) is 2.98. The van der Waals surface area contributed by atoms with Crippen molar-refractivity contribution < 1.29 is 9.13 Å². The van der Waals surface area contributed by atoms with Crippen molar-refractivity contribution in [3.63, 3.8) is 0 Å². The summed E-state index contributed by atoms with van der Waals surface area (Å²) in [7, 11) is 1.59. The van der Waals surface area contributed by atoms with Gasteiger partial charge in [0.15, 0.2) is 0 Å². The number of methoxy groups -OCH3 is 1. The molecule has 1 unspecified atom stereocenters. The third kappa shape index (κ3) is 2.00. The van der Waals surface area contributed by atoms with Crippen LogP contribution in [0.3, 0.4) is 0 Å². The van der Waals surface area contributed by atoms with Crippen LogP contribution in [0.1, 0.15) is 35.8 Å². The summed E-state index contributed by atoms with van der Waals surface area (Å²) in [6.45, 7) is 1.99. The Morgan fingerprint density at radius 1 is 1.35 bits per heavy atom. The van der Waals surface area contributed by atoms with Crippen LogP contribution in [0.25, 0.3) is 5.69 Å². The van der Waals surface area contributed by atoms with Crippen LogP contribution in [-0.2, 0) is 6.42 Å². The Morgan fingerprint density at radius 3 is 2.90 bits per heavy atom. The van der Waals surface area contributed by atoms with Gasteiger partial charge in [0.1, 0.15) is 11.6 Å². The van der Waals surface area contributed by atoms with E-state index in [0.29, 0.717) is 11.4 Å². The summed E-state index contributed by atoms with van der Waals surface area (Å²) in [6, 6.07) is 6.96. The highest BCUT2D eigenvalue weighted by molar-refractivity contribution is 5.47. The molecule has 1 aromatic carbocycles. The number of aromatic nitrogens is 1. The predicted molar refractivity (Wildman–Crippen MR) is 76.9 cm³/mol. The molecular weight excluding hydrogens is 255 g/mol. The minimum absolute atomic E-state index is 0.0624. The molecule has 3 nitrogen and oxygen atoms in total. The first-order valence-electron chi connectivity index (χ1n) is 6.92. The highest BCUT2D eigenvalue weighted by Gasteiger charge is 2.24. The van der Waals surface area contributed by atoms with Crippen LogP contribution in [-0.4, -0.2) is 11.7 Å². The summed E-state index contributed by atoms with van der Waals surface area (Å²) in [5, 5.41) is 0. The highest BCUT2D eigenvalue weighted by Crippen LogP contribution is 2.34. The van der Waals surface area contributed by atoms with Crippen LogP contribution >= 0.6 is 0 Å². The molecule has 0 fully saturated rings. The third-order valence-electron chi connectivity index (χ3n) is 4.04. The van der Waals surface area contributed by atoms with E-state index in [4.69, 9.17) is 10.5 Å². The summed E-state index contributed by atoms with van der Waals surface area (Å²) < 4.78 is 21.4. The average Bonchev–Trinajstić information content (AvgIpc) is 2.77. The molecule has 0 radical (unpaired) electrons. The minimum atomic E-state index is -0.244. The first-order valence-corrected chi connectivity index (χ1v) is 6.92. The Bertz CT molecular complexity index is 648. The molecule has 1 aromatic heterocycles. The number of ether oxygens (including phenoxy) is 1. The van der Waals surface area contributed by atoms with Crippen molar-refractivity contribution in [2.45, 2.75) is 32.2 Å². The highest BCUT2D eigenvalue weighted by atomic mass is 19.1. The monoisotopic (exact) mass is 274 g/mol. The largest absolute Gasteiger partial charge is 0.497 e. The molecule has 2 aromatic rings. The van der Waals surface area contributed by atoms with Crippen LogP contribution in [0.5, 0.6) is 5.75 Å². The van der Waals surface area contributed by atoms with Gasteiger partial charge in [0.2, 0.25) is 0 Å². The quantitative estimate of drug-likeness (QED) is 0.913. The predicted octanol–water partition coefficient (Wildman–Crippen LogP) is 3.27. The number of nitrogens with two attached hydrogens (primary N) is 1. The van der Waals surface area contributed by atoms with E-state index in [9.17, 15) is 4.39 Å². The van der Waals surface area contributed by atoms with Crippen LogP contribution in [0.2, 0.25) is 0 Å². The second-order valence-electron chi connectivity index (χ2n) is 5.34. The van der Waals surface area contributed by atoms with Crippen molar-refractivity contribution in [1.82, 2.24) is 4.57 Å². The summed E-state index contributed by atoms with van der Waals surface area (Å²) in [5.74, 6) is 0.412. The fraction of sp³-hybridized carbons (Fsp3) is 0.375. The van der Waals surface area contributed by atoms with E-state index in [1.165, 1.54) is 6.07 Å². The van der Waals surface area contributed by atoms with Gasteiger partial charge in [-0.1, -0.05) is 0 Å². The lowest BCUT2D eigenvalue weighted by Gasteiger charge is -2.21. The summed E-state index contributed by atoms with van der Waals surface area (Å²) >= 11 is 0. The van der Waals surface area contributed by atoms with Crippen LogP contribution < -0.4 is 10.5 Å². The van der Waals surface area contributed by atoms with Crippen LogP contribution in [0.4, 0.5) is 4.39 Å². The van der Waals surface area contributed by atoms with Crippen molar-refractivity contribution in [3.05, 3.63) is 47.0 Å². The van der Waals surface area contributed by atoms with Crippen molar-refractivity contribution >= 4 is 0 Å². The van der Waals surface area contributed by atoms with Gasteiger partial charge < -0.3 is 15.0 Å². The van der Waals surface area contributed by atoms with E-state index in [0.717, 1.165) is 36.2 Å². The smallest absolute Gasteiger partial charge is 0.147 e. The number of hydrogen-bond donors (Lipinski definition) is 1. The fourth-order valence-electron chi connectivity index (χ4n) is 3.06. The number of nitrogens with zero attached hydrogens (tertiary/aromatic N) is 1. The molecule has 3 rings (SSSR count). The number of rotatable bonds is 2. The molecular formula is C16H19FN2O. The summed E-state index contributed by atoms with van der Waals surface area (Å²) in [4.78, 5) is 0. The zero-order valence-corrected chi connectivity index (χ0v) is 11.8. The third-order valence-corrected chi connectivity index (χ3v) is 4.04. The zero-order valence-electron chi connectivity index (χ0n) is 11.8. The number of fused-ring (bicyclic) bond motifs is 1. The van der Waals surface area contributed by atoms with E-state index in [2.05, 4.69) is 6.07 Å².